The van der Waals surface area contributed by atoms with Crippen molar-refractivity contribution >= 4 is 17.4 Å². The summed E-state index contributed by atoms with van der Waals surface area (Å²) >= 11 is 0. The Balaban J connectivity index is 1.55. The predicted molar refractivity (Wildman–Crippen MR) is 175 cm³/mol. The number of methoxy groups -OCH3 is 4. The largest absolute Gasteiger partial charge is 0.497 e. The lowest BCUT2D eigenvalue weighted by Crippen LogP contribution is -2.46. The molecule has 44 heavy (non-hydrogen) atoms. The lowest BCUT2D eigenvalue weighted by molar-refractivity contribution is 0.0689. The van der Waals surface area contributed by atoms with Gasteiger partial charge in [-0.05, 0) is 56.1 Å². The van der Waals surface area contributed by atoms with E-state index in [1.165, 1.54) is 5.69 Å². The molecule has 1 atom stereocenters. The van der Waals surface area contributed by atoms with Crippen molar-refractivity contribution in [1.82, 2.24) is 15.1 Å². The molecule has 2 aliphatic rings. The Hall–Kier alpha value is -4.18. The second-order valence-corrected chi connectivity index (χ2v) is 10.9. The number of amidine groups is 1. The minimum Gasteiger partial charge on any atom is -0.497 e. The molecule has 1 N–H and O–H groups in total. The lowest BCUT2D eigenvalue weighted by atomic mass is 9.99. The molecule has 2 heterocycles. The van der Waals surface area contributed by atoms with Crippen molar-refractivity contribution in [1.29, 1.82) is 0 Å². The summed E-state index contributed by atoms with van der Waals surface area (Å²) in [5.74, 6) is 3.04. The Labute approximate surface area is 261 Å². The third-order valence-electron chi connectivity index (χ3n) is 8.36. The minimum absolute atomic E-state index is 0.0587. The molecule has 1 amide bonds. The fourth-order valence-corrected chi connectivity index (χ4v) is 5.85. The zero-order valence-electron chi connectivity index (χ0n) is 27.0. The van der Waals surface area contributed by atoms with Crippen molar-refractivity contribution in [2.45, 2.75) is 39.3 Å². The molecule has 1 fully saturated rings. The molecule has 2 aromatic carbocycles. The van der Waals surface area contributed by atoms with Gasteiger partial charge in [-0.3, -0.25) is 9.79 Å². The van der Waals surface area contributed by atoms with Gasteiger partial charge >= 0.3 is 0 Å². The molecule has 0 aliphatic carbocycles. The number of allylic oxidation sites excluding steroid dienone is 1. The quantitative estimate of drug-likeness (QED) is 0.106. The topological polar surface area (TPSA) is 88.1 Å². The number of benzene rings is 2. The van der Waals surface area contributed by atoms with E-state index in [-0.39, 0.29) is 11.9 Å². The number of likely N-dealkylation sites (N-methyl/N-ethyl adjacent to an activating group) is 1. The van der Waals surface area contributed by atoms with Crippen LogP contribution in [0.3, 0.4) is 0 Å². The van der Waals surface area contributed by atoms with E-state index in [9.17, 15) is 4.79 Å². The molecular formula is C34H47N5O5. The lowest BCUT2D eigenvalue weighted by Gasteiger charge is -2.36. The molecule has 10 nitrogen and oxygen atoms in total. The highest BCUT2D eigenvalue weighted by Crippen LogP contribution is 2.40. The first-order valence-electron chi connectivity index (χ1n) is 15.2. The molecule has 1 saturated heterocycles. The number of piperazine rings is 1. The van der Waals surface area contributed by atoms with Gasteiger partial charge < -0.3 is 39.0 Å². The van der Waals surface area contributed by atoms with Gasteiger partial charge in [-0.2, -0.15) is 0 Å². The van der Waals surface area contributed by atoms with E-state index < -0.39 is 0 Å². The standard InChI is InChI=1S/C34H47N5O5/c1-8-37-17-19-38(20-18-37)30-12-9-11-27-28(30)23-39(34(27)40)29(26-14-15-31(42-5)32(22-26)43-6)13-10-16-35-25(3)36-33(44-7)21-24(2)41-4/h9,11-12,14-15,21-22,29H,2,8,10,13,16-20,23H2,1,3-7H3,(H,35,36)/b33-21+/t29-/m1/s1. The number of nitrogens with one attached hydrogen (secondary N) is 1. The van der Waals surface area contributed by atoms with Crippen molar-refractivity contribution in [2.24, 2.45) is 4.99 Å². The van der Waals surface area contributed by atoms with Crippen LogP contribution in [0.4, 0.5) is 5.69 Å². The minimum atomic E-state index is -0.164. The zero-order chi connectivity index (χ0) is 31.6. The van der Waals surface area contributed by atoms with Gasteiger partial charge in [-0.25, -0.2) is 0 Å². The Morgan fingerprint density at radius 1 is 1.05 bits per heavy atom. The van der Waals surface area contributed by atoms with Crippen LogP contribution in [0.2, 0.25) is 0 Å². The monoisotopic (exact) mass is 605 g/mol. The van der Waals surface area contributed by atoms with Gasteiger partial charge in [0, 0.05) is 62.2 Å². The number of amides is 1. The molecule has 2 aromatic rings. The van der Waals surface area contributed by atoms with Gasteiger partial charge in [-0.1, -0.05) is 25.6 Å². The molecule has 0 bridgehead atoms. The fourth-order valence-electron chi connectivity index (χ4n) is 5.85. The van der Waals surface area contributed by atoms with Gasteiger partial charge in [0.25, 0.3) is 5.91 Å². The molecule has 0 saturated carbocycles. The van der Waals surface area contributed by atoms with E-state index in [4.69, 9.17) is 23.9 Å². The molecule has 0 radical (unpaired) electrons. The average molecular weight is 606 g/mol. The van der Waals surface area contributed by atoms with Crippen LogP contribution in [-0.4, -0.2) is 89.3 Å². The van der Waals surface area contributed by atoms with Crippen LogP contribution in [0.15, 0.2) is 65.7 Å². The molecular weight excluding hydrogens is 558 g/mol. The number of carbonyl (C=O) groups excluding carboxylic acids is 1. The van der Waals surface area contributed by atoms with Gasteiger partial charge in [0.2, 0.25) is 0 Å². The van der Waals surface area contributed by atoms with Crippen molar-refractivity contribution in [3.63, 3.8) is 0 Å². The van der Waals surface area contributed by atoms with Gasteiger partial charge in [-0.15, -0.1) is 0 Å². The molecule has 0 unspecified atom stereocenters. The maximum atomic E-state index is 14.0. The Bertz CT molecular complexity index is 1370. The van der Waals surface area contributed by atoms with Crippen LogP contribution in [0.5, 0.6) is 11.5 Å². The molecule has 0 aromatic heterocycles. The van der Waals surface area contributed by atoms with Crippen molar-refractivity contribution in [2.75, 3.05) is 72.6 Å². The van der Waals surface area contributed by atoms with Gasteiger partial charge in [0.05, 0.1) is 40.3 Å². The molecule has 10 heteroatoms. The highest BCUT2D eigenvalue weighted by atomic mass is 16.5. The van der Waals surface area contributed by atoms with Crippen molar-refractivity contribution in [3.05, 3.63) is 77.4 Å². The van der Waals surface area contributed by atoms with Crippen molar-refractivity contribution in [3.8, 4) is 11.5 Å². The summed E-state index contributed by atoms with van der Waals surface area (Å²) in [6.45, 7) is 14.1. The Morgan fingerprint density at radius 3 is 2.45 bits per heavy atom. The Kier molecular flexibility index (Phi) is 11.5. The fraction of sp³-hybridized carbons (Fsp3) is 0.471. The third kappa shape index (κ3) is 7.66. The number of carbonyl (C=O) groups is 1. The van der Waals surface area contributed by atoms with Crippen LogP contribution in [0, 0.1) is 0 Å². The SMILES string of the molecule is C=C(/C=C(\NC(C)=NCCC[C@H](c1ccc(OC)c(OC)c1)N1Cc2c(cccc2N2CCN(CC)CC2)C1=O)OC)OC. The molecule has 238 valence electrons. The van der Waals surface area contributed by atoms with E-state index in [2.05, 4.69) is 34.7 Å². The smallest absolute Gasteiger partial charge is 0.255 e. The highest BCUT2D eigenvalue weighted by Gasteiger charge is 2.36. The summed E-state index contributed by atoms with van der Waals surface area (Å²) in [7, 11) is 6.39. The summed E-state index contributed by atoms with van der Waals surface area (Å²) in [5, 5.41) is 3.14. The average Bonchev–Trinajstić information content (AvgIpc) is 3.39. The summed E-state index contributed by atoms with van der Waals surface area (Å²) in [4.78, 5) is 25.6. The second-order valence-electron chi connectivity index (χ2n) is 10.9. The van der Waals surface area contributed by atoms with Crippen LogP contribution >= 0.6 is 0 Å². The van der Waals surface area contributed by atoms with Crippen LogP contribution in [-0.2, 0) is 16.0 Å². The maximum absolute atomic E-state index is 14.0. The molecule has 2 aliphatic heterocycles. The number of hydrogen-bond acceptors (Lipinski definition) is 8. The van der Waals surface area contributed by atoms with Crippen molar-refractivity contribution < 1.29 is 23.7 Å². The first kappa shape index (κ1) is 32.7. The van der Waals surface area contributed by atoms with E-state index in [1.54, 1.807) is 34.5 Å². The predicted octanol–water partition coefficient (Wildman–Crippen LogP) is 4.98. The van der Waals surface area contributed by atoms with Gasteiger partial charge in [0.1, 0.15) is 5.76 Å². The number of rotatable bonds is 14. The number of aliphatic imine (C=N–C) groups is 1. The van der Waals surface area contributed by atoms with E-state index in [0.717, 1.165) is 62.3 Å². The van der Waals surface area contributed by atoms with E-state index in [1.807, 2.05) is 42.2 Å². The van der Waals surface area contributed by atoms with Crippen LogP contribution in [0.1, 0.15) is 54.2 Å². The third-order valence-corrected chi connectivity index (χ3v) is 8.36. The first-order chi connectivity index (χ1) is 21.3. The molecule has 0 spiro atoms. The second kappa shape index (κ2) is 15.5. The molecule has 4 rings (SSSR count). The van der Waals surface area contributed by atoms with Crippen LogP contribution in [0.25, 0.3) is 0 Å². The number of hydrogen-bond donors (Lipinski definition) is 1. The number of ether oxygens (including phenoxy) is 4. The highest BCUT2D eigenvalue weighted by molar-refractivity contribution is 6.00. The summed E-state index contributed by atoms with van der Waals surface area (Å²) < 4.78 is 21.6. The number of nitrogens with zero attached hydrogens (tertiary/aromatic N) is 4. The summed E-state index contributed by atoms with van der Waals surface area (Å²) in [5.41, 5.74) is 4.08. The first-order valence-corrected chi connectivity index (χ1v) is 15.2. The van der Waals surface area contributed by atoms with Crippen LogP contribution < -0.4 is 19.7 Å². The Morgan fingerprint density at radius 2 is 1.80 bits per heavy atom. The summed E-state index contributed by atoms with van der Waals surface area (Å²) in [6, 6.07) is 11.9. The number of anilines is 1. The summed E-state index contributed by atoms with van der Waals surface area (Å²) in [6.07, 6.45) is 3.16. The normalized spacial score (nSPS) is 16.5. The van der Waals surface area contributed by atoms with E-state index >= 15 is 0 Å². The maximum Gasteiger partial charge on any atom is 0.255 e. The van der Waals surface area contributed by atoms with E-state index in [0.29, 0.717) is 42.1 Å². The number of fused-ring (bicyclic) bond motifs is 1. The van der Waals surface area contributed by atoms with Gasteiger partial charge in [0.15, 0.2) is 17.4 Å². The zero-order valence-corrected chi connectivity index (χ0v) is 27.0.